The van der Waals surface area contributed by atoms with Crippen LogP contribution in [0.3, 0.4) is 0 Å². The van der Waals surface area contributed by atoms with Crippen molar-refractivity contribution in [3.8, 4) is 0 Å². The summed E-state index contributed by atoms with van der Waals surface area (Å²) in [7, 11) is 0. The molecule has 0 fully saturated rings. The number of pyridine rings is 1. The lowest BCUT2D eigenvalue weighted by atomic mass is 9.72. The fraction of sp³-hybridized carbons (Fsp3) is 0.136. The summed E-state index contributed by atoms with van der Waals surface area (Å²) < 4.78 is 0. The molecule has 0 saturated heterocycles. The Morgan fingerprint density at radius 1 is 1.00 bits per heavy atom. The Morgan fingerprint density at radius 3 is 2.30 bits per heavy atom. The molecule has 0 aliphatic carbocycles. The van der Waals surface area contributed by atoms with E-state index in [0.717, 1.165) is 5.56 Å². The average molecular weight is 419 g/mol. The molecule has 27 heavy (non-hydrogen) atoms. The van der Waals surface area contributed by atoms with Gasteiger partial charge in [0.1, 0.15) is 5.60 Å². The number of hydrogen-bond donors (Lipinski definition) is 1. The third-order valence-electron chi connectivity index (χ3n) is 4.63. The second-order valence-corrected chi connectivity index (χ2v) is 7.54. The van der Waals surface area contributed by atoms with Crippen LogP contribution in [-0.2, 0) is 5.60 Å². The molecule has 0 bridgehead atoms. The summed E-state index contributed by atoms with van der Waals surface area (Å²) in [5, 5.41) is 13.7. The number of aliphatic hydroxyl groups is 1. The van der Waals surface area contributed by atoms with Crippen LogP contribution in [0.1, 0.15) is 29.0 Å². The van der Waals surface area contributed by atoms with E-state index in [-0.39, 0.29) is 0 Å². The van der Waals surface area contributed by atoms with Crippen LogP contribution in [0, 0.1) is 0 Å². The Balaban J connectivity index is 2.26. The zero-order valence-electron chi connectivity index (χ0n) is 14.4. The highest BCUT2D eigenvalue weighted by Crippen LogP contribution is 2.46. The quantitative estimate of drug-likeness (QED) is 0.455. The maximum Gasteiger partial charge on any atom is 0.123 e. The molecule has 2 nitrogen and oxygen atoms in total. The molecule has 138 valence electrons. The van der Waals surface area contributed by atoms with E-state index in [1.165, 1.54) is 0 Å². The summed E-state index contributed by atoms with van der Waals surface area (Å²) in [6.07, 6.45) is 5.60. The molecule has 1 heterocycles. The molecule has 2 unspecified atom stereocenters. The maximum atomic E-state index is 12.1. The highest BCUT2D eigenvalue weighted by Gasteiger charge is 2.41. The monoisotopic (exact) mass is 417 g/mol. The number of allylic oxidation sites excluding steroid dienone is 1. The van der Waals surface area contributed by atoms with Crippen LogP contribution in [0.15, 0.2) is 79.6 Å². The van der Waals surface area contributed by atoms with Gasteiger partial charge >= 0.3 is 0 Å². The number of halogens is 3. The minimum atomic E-state index is -1.38. The first-order valence-corrected chi connectivity index (χ1v) is 9.55. The SMILES string of the molecule is C=CCC(c1ccc(Cl)cc1Cl)C(O)(c1ccc(Cl)cc1)c1cccnc1. The smallest absolute Gasteiger partial charge is 0.123 e. The summed E-state index contributed by atoms with van der Waals surface area (Å²) >= 11 is 18.6. The van der Waals surface area contributed by atoms with Gasteiger partial charge < -0.3 is 5.11 Å². The number of nitrogens with zero attached hydrogens (tertiary/aromatic N) is 1. The molecule has 0 spiro atoms. The lowest BCUT2D eigenvalue weighted by Crippen LogP contribution is -2.35. The van der Waals surface area contributed by atoms with Crippen molar-refractivity contribution < 1.29 is 5.11 Å². The first-order valence-electron chi connectivity index (χ1n) is 8.41. The number of aromatic nitrogens is 1. The van der Waals surface area contributed by atoms with E-state index in [2.05, 4.69) is 11.6 Å². The third kappa shape index (κ3) is 4.04. The highest BCUT2D eigenvalue weighted by atomic mass is 35.5. The van der Waals surface area contributed by atoms with Crippen molar-refractivity contribution in [1.29, 1.82) is 0 Å². The van der Waals surface area contributed by atoms with Crippen LogP contribution in [0.4, 0.5) is 0 Å². The predicted octanol–water partition coefficient (Wildman–Crippen LogP) is 6.64. The van der Waals surface area contributed by atoms with Crippen molar-refractivity contribution in [3.63, 3.8) is 0 Å². The summed E-state index contributed by atoms with van der Waals surface area (Å²) in [4.78, 5) is 4.20. The van der Waals surface area contributed by atoms with Gasteiger partial charge in [0.15, 0.2) is 0 Å². The van der Waals surface area contributed by atoms with Gasteiger partial charge in [-0.3, -0.25) is 4.98 Å². The minimum absolute atomic E-state index is 0.398. The van der Waals surface area contributed by atoms with E-state index in [0.29, 0.717) is 32.6 Å². The lowest BCUT2D eigenvalue weighted by Gasteiger charge is -2.37. The van der Waals surface area contributed by atoms with Crippen LogP contribution in [-0.4, -0.2) is 10.1 Å². The number of hydrogen-bond acceptors (Lipinski definition) is 2. The summed E-state index contributed by atoms with van der Waals surface area (Å²) in [6, 6.07) is 16.1. The van der Waals surface area contributed by atoms with Crippen LogP contribution < -0.4 is 0 Å². The Bertz CT molecular complexity index is 928. The number of benzene rings is 2. The summed E-state index contributed by atoms with van der Waals surface area (Å²) in [6.45, 7) is 3.87. The molecular weight excluding hydrogens is 401 g/mol. The van der Waals surface area contributed by atoms with Gasteiger partial charge in [0.25, 0.3) is 0 Å². The second-order valence-electron chi connectivity index (χ2n) is 6.26. The van der Waals surface area contributed by atoms with Gasteiger partial charge in [0.2, 0.25) is 0 Å². The van der Waals surface area contributed by atoms with Crippen LogP contribution in [0.5, 0.6) is 0 Å². The molecular formula is C22H18Cl3NO. The third-order valence-corrected chi connectivity index (χ3v) is 5.44. The van der Waals surface area contributed by atoms with E-state index in [9.17, 15) is 5.11 Å². The Kier molecular flexibility index (Phi) is 6.23. The molecule has 0 saturated carbocycles. The van der Waals surface area contributed by atoms with Crippen molar-refractivity contribution in [2.45, 2.75) is 17.9 Å². The van der Waals surface area contributed by atoms with Crippen molar-refractivity contribution in [1.82, 2.24) is 4.98 Å². The van der Waals surface area contributed by atoms with Gasteiger partial charge in [-0.05, 0) is 47.9 Å². The fourth-order valence-corrected chi connectivity index (χ4v) is 4.00. The van der Waals surface area contributed by atoms with Gasteiger partial charge in [-0.1, -0.05) is 65.1 Å². The first kappa shape index (κ1) is 19.9. The van der Waals surface area contributed by atoms with E-state index in [1.54, 1.807) is 48.8 Å². The Hall–Kier alpha value is -1.84. The molecule has 0 aliphatic heterocycles. The second kappa shape index (κ2) is 8.45. The van der Waals surface area contributed by atoms with Crippen molar-refractivity contribution >= 4 is 34.8 Å². The van der Waals surface area contributed by atoms with Crippen LogP contribution >= 0.6 is 34.8 Å². The van der Waals surface area contributed by atoms with Gasteiger partial charge in [-0.25, -0.2) is 0 Å². The molecule has 3 aromatic rings. The minimum Gasteiger partial charge on any atom is -0.380 e. The van der Waals surface area contributed by atoms with Gasteiger partial charge in [-0.15, -0.1) is 6.58 Å². The Morgan fingerprint density at radius 2 is 1.70 bits per heavy atom. The summed E-state index contributed by atoms with van der Waals surface area (Å²) in [5.74, 6) is -0.398. The van der Waals surface area contributed by atoms with E-state index in [4.69, 9.17) is 34.8 Å². The van der Waals surface area contributed by atoms with Crippen LogP contribution in [0.25, 0.3) is 0 Å². The van der Waals surface area contributed by atoms with E-state index in [1.807, 2.05) is 24.3 Å². The molecule has 0 radical (unpaired) electrons. The standard InChI is InChI=1S/C22H18Cl3NO/c1-2-4-20(19-11-10-18(24)13-21(19)25)22(27,16-5-3-12-26-14-16)15-6-8-17(23)9-7-15/h2-3,5-14,20,27H,1,4H2. The molecule has 2 atom stereocenters. The molecule has 5 heteroatoms. The topological polar surface area (TPSA) is 33.1 Å². The van der Waals surface area contributed by atoms with Crippen molar-refractivity contribution in [2.75, 3.05) is 0 Å². The van der Waals surface area contributed by atoms with Gasteiger partial charge in [0, 0.05) is 38.9 Å². The van der Waals surface area contributed by atoms with Gasteiger partial charge in [-0.2, -0.15) is 0 Å². The largest absolute Gasteiger partial charge is 0.380 e. The maximum absolute atomic E-state index is 12.1. The highest BCUT2D eigenvalue weighted by molar-refractivity contribution is 6.35. The first-order chi connectivity index (χ1) is 13.0. The molecule has 1 N–H and O–H groups in total. The normalized spacial score (nSPS) is 14.4. The van der Waals surface area contributed by atoms with E-state index >= 15 is 0 Å². The lowest BCUT2D eigenvalue weighted by molar-refractivity contribution is 0.0497. The van der Waals surface area contributed by atoms with Crippen molar-refractivity contribution in [2.24, 2.45) is 0 Å². The zero-order valence-corrected chi connectivity index (χ0v) is 16.7. The zero-order chi connectivity index (χ0) is 19.4. The molecule has 0 aliphatic rings. The van der Waals surface area contributed by atoms with Gasteiger partial charge in [0.05, 0.1) is 0 Å². The fourth-order valence-electron chi connectivity index (χ4n) is 3.33. The number of rotatable bonds is 6. The van der Waals surface area contributed by atoms with Crippen molar-refractivity contribution in [3.05, 3.63) is 111 Å². The molecule has 1 aromatic heterocycles. The Labute approximate surface area is 174 Å². The summed E-state index contributed by atoms with van der Waals surface area (Å²) in [5.41, 5.74) is 0.745. The molecule has 0 amide bonds. The average Bonchev–Trinajstić information content (AvgIpc) is 2.67. The van der Waals surface area contributed by atoms with Crippen LogP contribution in [0.2, 0.25) is 15.1 Å². The molecule has 2 aromatic carbocycles. The molecule has 3 rings (SSSR count). The van der Waals surface area contributed by atoms with E-state index < -0.39 is 11.5 Å². The predicted molar refractivity (Wildman–Crippen MR) is 113 cm³/mol.